The summed E-state index contributed by atoms with van der Waals surface area (Å²) in [6, 6.07) is 3.77. The molecule has 4 nitrogen and oxygen atoms in total. The van der Waals surface area contributed by atoms with Crippen molar-refractivity contribution in [1.82, 2.24) is 0 Å². The first kappa shape index (κ1) is 13.6. The highest BCUT2D eigenvalue weighted by Crippen LogP contribution is 2.35. The van der Waals surface area contributed by atoms with E-state index in [1.165, 1.54) is 0 Å². The molecule has 1 N–H and O–H groups in total. The van der Waals surface area contributed by atoms with Gasteiger partial charge in [0.25, 0.3) is 0 Å². The quantitative estimate of drug-likeness (QED) is 0.908. The van der Waals surface area contributed by atoms with Crippen LogP contribution < -0.4 is 4.74 Å². The van der Waals surface area contributed by atoms with Gasteiger partial charge in [-0.05, 0) is 31.4 Å². The number of hydrogen-bond donors (Lipinski definition) is 1. The summed E-state index contributed by atoms with van der Waals surface area (Å²) in [5, 5.41) is 9.09. The van der Waals surface area contributed by atoms with Gasteiger partial charge in [0.05, 0.1) is 13.0 Å². The highest BCUT2D eigenvalue weighted by molar-refractivity contribution is 6.03. The zero-order valence-electron chi connectivity index (χ0n) is 11.4. The zero-order valence-corrected chi connectivity index (χ0v) is 11.4. The number of aliphatic carboxylic acids is 1. The summed E-state index contributed by atoms with van der Waals surface area (Å²) in [6.45, 7) is 3.45. The third-order valence-electron chi connectivity index (χ3n) is 4.02. The van der Waals surface area contributed by atoms with E-state index in [0.717, 1.165) is 17.5 Å². The lowest BCUT2D eigenvalue weighted by Crippen LogP contribution is -2.32. The van der Waals surface area contributed by atoms with E-state index in [9.17, 15) is 9.59 Å². The third kappa shape index (κ3) is 2.23. The van der Waals surface area contributed by atoms with Crippen molar-refractivity contribution in [2.75, 3.05) is 7.11 Å². The van der Waals surface area contributed by atoms with Crippen LogP contribution in [0.25, 0.3) is 0 Å². The number of fused-ring (bicyclic) bond motifs is 1. The number of rotatable bonds is 3. The number of aryl methyl sites for hydroxylation is 1. The van der Waals surface area contributed by atoms with Crippen molar-refractivity contribution >= 4 is 11.8 Å². The van der Waals surface area contributed by atoms with Crippen LogP contribution in [0.4, 0.5) is 0 Å². The van der Waals surface area contributed by atoms with Crippen LogP contribution in [0.2, 0.25) is 0 Å². The molecule has 2 rings (SSSR count). The van der Waals surface area contributed by atoms with E-state index in [-0.39, 0.29) is 5.78 Å². The maximum Gasteiger partial charge on any atom is 0.306 e. The zero-order chi connectivity index (χ0) is 14.2. The molecule has 0 spiro atoms. The van der Waals surface area contributed by atoms with Crippen LogP contribution in [0, 0.1) is 18.8 Å². The van der Waals surface area contributed by atoms with E-state index in [2.05, 4.69) is 0 Å². The minimum atomic E-state index is -0.914. The van der Waals surface area contributed by atoms with Crippen LogP contribution in [0.15, 0.2) is 12.1 Å². The monoisotopic (exact) mass is 262 g/mol. The van der Waals surface area contributed by atoms with Gasteiger partial charge in [0.2, 0.25) is 0 Å². The summed E-state index contributed by atoms with van der Waals surface area (Å²) in [6.07, 6.45) is 1.35. The Balaban J connectivity index is 2.45. The smallest absolute Gasteiger partial charge is 0.306 e. The maximum atomic E-state index is 12.5. The maximum absolute atomic E-state index is 12.5. The second-order valence-electron chi connectivity index (χ2n) is 5.06. The molecule has 2 unspecified atom stereocenters. The number of ether oxygens (including phenoxy) is 1. The Bertz CT molecular complexity index is 533. The summed E-state index contributed by atoms with van der Waals surface area (Å²) < 4.78 is 5.23. The molecule has 1 aliphatic rings. The molecule has 0 radical (unpaired) electrons. The molecule has 0 fully saturated rings. The Labute approximate surface area is 112 Å². The number of hydrogen-bond acceptors (Lipinski definition) is 3. The number of methoxy groups -OCH3 is 1. The van der Waals surface area contributed by atoms with Crippen LogP contribution in [0.5, 0.6) is 5.75 Å². The van der Waals surface area contributed by atoms with Gasteiger partial charge in [0.15, 0.2) is 5.78 Å². The number of benzene rings is 1. The first-order valence-corrected chi connectivity index (χ1v) is 6.40. The van der Waals surface area contributed by atoms with E-state index in [4.69, 9.17) is 9.84 Å². The number of ketones is 1. The van der Waals surface area contributed by atoms with E-state index in [1.807, 2.05) is 19.1 Å². The fraction of sp³-hybridized carbons (Fsp3) is 0.467. The molecule has 19 heavy (non-hydrogen) atoms. The van der Waals surface area contributed by atoms with Gasteiger partial charge in [0, 0.05) is 17.0 Å². The van der Waals surface area contributed by atoms with Gasteiger partial charge in [-0.15, -0.1) is 0 Å². The summed E-state index contributed by atoms with van der Waals surface area (Å²) in [7, 11) is 1.57. The van der Waals surface area contributed by atoms with E-state index >= 15 is 0 Å². The van der Waals surface area contributed by atoms with E-state index < -0.39 is 17.8 Å². The van der Waals surface area contributed by atoms with E-state index in [0.29, 0.717) is 17.7 Å². The highest BCUT2D eigenvalue weighted by atomic mass is 16.5. The summed E-state index contributed by atoms with van der Waals surface area (Å²) in [4.78, 5) is 23.6. The number of Topliss-reactive ketones (excluding diaryl/α,β-unsaturated/α-hetero) is 1. The normalized spacial score (nSPS) is 19.7. The molecule has 1 aromatic carbocycles. The second kappa shape index (κ2) is 5.03. The molecular formula is C15H18O4. The third-order valence-corrected chi connectivity index (χ3v) is 4.02. The van der Waals surface area contributed by atoms with Crippen LogP contribution in [0.3, 0.4) is 0 Å². The summed E-state index contributed by atoms with van der Waals surface area (Å²) >= 11 is 0. The Kier molecular flexibility index (Phi) is 3.60. The molecule has 0 saturated heterocycles. The SMILES string of the molecule is COc1ccc2c(c1C)C(=O)C(C(C)C(=O)O)CC2. The number of carboxylic acid groups (broad SMARTS) is 1. The van der Waals surface area contributed by atoms with Crippen molar-refractivity contribution in [3.05, 3.63) is 28.8 Å². The Morgan fingerprint density at radius 3 is 2.74 bits per heavy atom. The van der Waals surface area contributed by atoms with Crippen LogP contribution in [0.1, 0.15) is 34.8 Å². The number of carbonyl (C=O) groups is 2. The van der Waals surface area contributed by atoms with Crippen molar-refractivity contribution < 1.29 is 19.4 Å². The van der Waals surface area contributed by atoms with Gasteiger partial charge in [0.1, 0.15) is 5.75 Å². The van der Waals surface area contributed by atoms with Crippen molar-refractivity contribution in [3.8, 4) is 5.75 Å². The Morgan fingerprint density at radius 2 is 2.16 bits per heavy atom. The molecule has 1 aromatic rings. The second-order valence-corrected chi connectivity index (χ2v) is 5.06. The van der Waals surface area contributed by atoms with Crippen LogP contribution >= 0.6 is 0 Å². The van der Waals surface area contributed by atoms with Crippen LogP contribution in [-0.2, 0) is 11.2 Å². The Morgan fingerprint density at radius 1 is 1.47 bits per heavy atom. The van der Waals surface area contributed by atoms with Crippen molar-refractivity contribution in [3.63, 3.8) is 0 Å². The molecule has 0 aromatic heterocycles. The first-order valence-electron chi connectivity index (χ1n) is 6.40. The van der Waals surface area contributed by atoms with Crippen molar-refractivity contribution in [2.24, 2.45) is 11.8 Å². The topological polar surface area (TPSA) is 63.6 Å². The molecule has 102 valence electrons. The Hall–Kier alpha value is -1.84. The molecule has 0 bridgehead atoms. The fourth-order valence-corrected chi connectivity index (χ4v) is 2.80. The summed E-state index contributed by atoms with van der Waals surface area (Å²) in [5.74, 6) is -1.38. The molecular weight excluding hydrogens is 244 g/mol. The molecule has 4 heteroatoms. The predicted octanol–water partition coefficient (Wildman–Crippen LogP) is 2.47. The standard InChI is InChI=1S/C15H18O4/c1-8(15(17)18)11-6-4-10-5-7-12(19-3)9(2)13(10)14(11)16/h5,7-8,11H,4,6H2,1-3H3,(H,17,18). The molecule has 0 aliphatic heterocycles. The lowest BCUT2D eigenvalue weighted by atomic mass is 9.75. The molecule has 0 saturated carbocycles. The number of carbonyl (C=O) groups excluding carboxylic acids is 1. The van der Waals surface area contributed by atoms with Gasteiger partial charge in [-0.3, -0.25) is 9.59 Å². The van der Waals surface area contributed by atoms with Crippen LogP contribution in [-0.4, -0.2) is 24.0 Å². The van der Waals surface area contributed by atoms with Gasteiger partial charge < -0.3 is 9.84 Å². The molecule has 2 atom stereocenters. The lowest BCUT2D eigenvalue weighted by Gasteiger charge is -2.27. The highest BCUT2D eigenvalue weighted by Gasteiger charge is 2.36. The van der Waals surface area contributed by atoms with Gasteiger partial charge in [-0.2, -0.15) is 0 Å². The molecule has 1 aliphatic carbocycles. The average Bonchev–Trinajstić information content (AvgIpc) is 2.38. The summed E-state index contributed by atoms with van der Waals surface area (Å²) in [5.41, 5.74) is 2.47. The predicted molar refractivity (Wildman–Crippen MR) is 70.7 cm³/mol. The molecule has 0 heterocycles. The molecule has 0 amide bonds. The minimum Gasteiger partial charge on any atom is -0.496 e. The van der Waals surface area contributed by atoms with Crippen molar-refractivity contribution in [2.45, 2.75) is 26.7 Å². The number of carboxylic acids is 1. The minimum absolute atomic E-state index is 0.0625. The largest absolute Gasteiger partial charge is 0.496 e. The first-order chi connectivity index (χ1) is 8.97. The van der Waals surface area contributed by atoms with Gasteiger partial charge in [-0.1, -0.05) is 13.0 Å². The van der Waals surface area contributed by atoms with E-state index in [1.54, 1.807) is 14.0 Å². The lowest BCUT2D eigenvalue weighted by molar-refractivity contribution is -0.142. The van der Waals surface area contributed by atoms with Crippen molar-refractivity contribution in [1.29, 1.82) is 0 Å². The fourth-order valence-electron chi connectivity index (χ4n) is 2.80. The van der Waals surface area contributed by atoms with Gasteiger partial charge >= 0.3 is 5.97 Å². The average molecular weight is 262 g/mol. The van der Waals surface area contributed by atoms with Gasteiger partial charge in [-0.25, -0.2) is 0 Å².